The predicted molar refractivity (Wildman–Crippen MR) is 103 cm³/mol. The summed E-state index contributed by atoms with van der Waals surface area (Å²) >= 11 is 0. The second kappa shape index (κ2) is 9.06. The number of amides is 2. The topological polar surface area (TPSA) is 49.9 Å². The fourth-order valence-corrected chi connectivity index (χ4v) is 3.61. The van der Waals surface area contributed by atoms with E-state index in [0.717, 1.165) is 35.3 Å². The first kappa shape index (κ1) is 20.3. The lowest BCUT2D eigenvalue weighted by atomic mass is 10.0. The Labute approximate surface area is 157 Å². The highest BCUT2D eigenvalue weighted by atomic mass is 16.5. The average Bonchev–Trinajstić information content (AvgIpc) is 2.65. The number of rotatable bonds is 6. The SMILES string of the molecule is CCC(CC)C(=O)N1CCN(C(=O)Cc2cc(C)c(OC)cc2C)CC1. The number of methoxy groups -OCH3 is 1. The van der Waals surface area contributed by atoms with E-state index in [1.54, 1.807) is 7.11 Å². The smallest absolute Gasteiger partial charge is 0.227 e. The van der Waals surface area contributed by atoms with Crippen molar-refractivity contribution < 1.29 is 14.3 Å². The quantitative estimate of drug-likeness (QED) is 0.784. The molecule has 5 heteroatoms. The van der Waals surface area contributed by atoms with Crippen LogP contribution in [0.15, 0.2) is 12.1 Å². The van der Waals surface area contributed by atoms with E-state index in [1.165, 1.54) is 0 Å². The van der Waals surface area contributed by atoms with Crippen molar-refractivity contribution in [2.45, 2.75) is 47.0 Å². The largest absolute Gasteiger partial charge is 0.496 e. The molecule has 1 aromatic rings. The molecule has 0 saturated carbocycles. The summed E-state index contributed by atoms with van der Waals surface area (Å²) in [4.78, 5) is 29.0. The maximum Gasteiger partial charge on any atom is 0.227 e. The third kappa shape index (κ3) is 4.57. The Kier molecular flexibility index (Phi) is 7.06. The molecule has 0 N–H and O–H groups in total. The molecule has 1 aliphatic heterocycles. The molecule has 1 heterocycles. The lowest BCUT2D eigenvalue weighted by Crippen LogP contribution is -2.52. The number of benzene rings is 1. The molecule has 0 bridgehead atoms. The number of nitrogens with zero attached hydrogens (tertiary/aromatic N) is 2. The van der Waals surface area contributed by atoms with E-state index in [-0.39, 0.29) is 17.7 Å². The van der Waals surface area contributed by atoms with Gasteiger partial charge in [-0.2, -0.15) is 0 Å². The Bertz CT molecular complexity index is 645. The first-order valence-electron chi connectivity index (χ1n) is 9.61. The summed E-state index contributed by atoms with van der Waals surface area (Å²) in [6.45, 7) is 10.7. The number of piperazine rings is 1. The van der Waals surface area contributed by atoms with E-state index in [1.807, 2.05) is 35.8 Å². The van der Waals surface area contributed by atoms with Crippen molar-refractivity contribution in [3.63, 3.8) is 0 Å². The highest BCUT2D eigenvalue weighted by Gasteiger charge is 2.27. The molecule has 0 aliphatic carbocycles. The van der Waals surface area contributed by atoms with Gasteiger partial charge in [-0.25, -0.2) is 0 Å². The van der Waals surface area contributed by atoms with Crippen LogP contribution < -0.4 is 4.74 Å². The van der Waals surface area contributed by atoms with Gasteiger partial charge in [-0.3, -0.25) is 9.59 Å². The first-order valence-corrected chi connectivity index (χ1v) is 9.61. The van der Waals surface area contributed by atoms with Gasteiger partial charge in [0.25, 0.3) is 0 Å². The Hall–Kier alpha value is -2.04. The van der Waals surface area contributed by atoms with Crippen molar-refractivity contribution in [2.24, 2.45) is 5.92 Å². The number of ether oxygens (including phenoxy) is 1. The van der Waals surface area contributed by atoms with Crippen molar-refractivity contribution in [1.82, 2.24) is 9.80 Å². The van der Waals surface area contributed by atoms with Crippen LogP contribution in [0.4, 0.5) is 0 Å². The van der Waals surface area contributed by atoms with Crippen LogP contribution in [0.25, 0.3) is 0 Å². The van der Waals surface area contributed by atoms with Crippen LogP contribution in [0.1, 0.15) is 43.4 Å². The van der Waals surface area contributed by atoms with E-state index in [2.05, 4.69) is 13.8 Å². The van der Waals surface area contributed by atoms with Crippen molar-refractivity contribution in [3.8, 4) is 5.75 Å². The lowest BCUT2D eigenvalue weighted by Gasteiger charge is -2.36. The van der Waals surface area contributed by atoms with E-state index < -0.39 is 0 Å². The molecule has 0 radical (unpaired) electrons. The monoisotopic (exact) mass is 360 g/mol. The van der Waals surface area contributed by atoms with E-state index in [0.29, 0.717) is 32.6 Å². The normalized spacial score (nSPS) is 14.7. The molecular weight excluding hydrogens is 328 g/mol. The third-order valence-corrected chi connectivity index (χ3v) is 5.47. The third-order valence-electron chi connectivity index (χ3n) is 5.47. The van der Waals surface area contributed by atoms with Crippen LogP contribution in [-0.2, 0) is 16.0 Å². The van der Waals surface area contributed by atoms with Crippen LogP contribution >= 0.6 is 0 Å². The van der Waals surface area contributed by atoms with Gasteiger partial charge in [0, 0.05) is 32.1 Å². The summed E-state index contributed by atoms with van der Waals surface area (Å²) in [6.07, 6.45) is 2.16. The van der Waals surface area contributed by atoms with Crippen LogP contribution in [0.2, 0.25) is 0 Å². The zero-order chi connectivity index (χ0) is 19.3. The lowest BCUT2D eigenvalue weighted by molar-refractivity contribution is -0.142. The molecule has 2 amide bonds. The first-order chi connectivity index (χ1) is 12.4. The second-order valence-electron chi connectivity index (χ2n) is 7.14. The van der Waals surface area contributed by atoms with Crippen molar-refractivity contribution in [3.05, 3.63) is 28.8 Å². The standard InChI is InChI=1S/C21H32N2O3/c1-6-17(7-2)21(25)23-10-8-22(9-11-23)20(24)14-18-12-16(4)19(26-5)13-15(18)3/h12-13,17H,6-11,14H2,1-5H3. The summed E-state index contributed by atoms with van der Waals surface area (Å²) in [6, 6.07) is 4.03. The Morgan fingerprint density at radius 3 is 2.12 bits per heavy atom. The zero-order valence-electron chi connectivity index (χ0n) is 16.8. The Balaban J connectivity index is 1.95. The van der Waals surface area contributed by atoms with Gasteiger partial charge in [-0.1, -0.05) is 19.9 Å². The predicted octanol–water partition coefficient (Wildman–Crippen LogP) is 2.96. The second-order valence-corrected chi connectivity index (χ2v) is 7.14. The van der Waals surface area contributed by atoms with Gasteiger partial charge in [-0.15, -0.1) is 0 Å². The summed E-state index contributed by atoms with van der Waals surface area (Å²) in [7, 11) is 1.66. The molecule has 0 atom stereocenters. The summed E-state index contributed by atoms with van der Waals surface area (Å²) in [5.74, 6) is 1.34. The van der Waals surface area contributed by atoms with Crippen molar-refractivity contribution in [2.75, 3.05) is 33.3 Å². The Morgan fingerprint density at radius 1 is 1.00 bits per heavy atom. The number of carbonyl (C=O) groups is 2. The van der Waals surface area contributed by atoms with Crippen molar-refractivity contribution >= 4 is 11.8 Å². The summed E-state index contributed by atoms with van der Waals surface area (Å²) < 4.78 is 5.34. The number of carbonyl (C=O) groups excluding carboxylic acids is 2. The number of hydrogen-bond acceptors (Lipinski definition) is 3. The molecule has 1 saturated heterocycles. The number of hydrogen-bond donors (Lipinski definition) is 0. The molecule has 144 valence electrons. The van der Waals surface area contributed by atoms with Crippen LogP contribution in [-0.4, -0.2) is 54.9 Å². The highest BCUT2D eigenvalue weighted by Crippen LogP contribution is 2.23. The fourth-order valence-electron chi connectivity index (χ4n) is 3.61. The minimum Gasteiger partial charge on any atom is -0.496 e. The van der Waals surface area contributed by atoms with Crippen molar-refractivity contribution in [1.29, 1.82) is 0 Å². The molecule has 0 aromatic heterocycles. The molecular formula is C21H32N2O3. The van der Waals surface area contributed by atoms with E-state index in [4.69, 9.17) is 4.74 Å². The maximum atomic E-state index is 12.7. The molecule has 1 aliphatic rings. The summed E-state index contributed by atoms with van der Waals surface area (Å²) in [5.41, 5.74) is 3.16. The minimum absolute atomic E-state index is 0.113. The van der Waals surface area contributed by atoms with Gasteiger partial charge in [0.2, 0.25) is 11.8 Å². The minimum atomic E-state index is 0.113. The molecule has 0 spiro atoms. The summed E-state index contributed by atoms with van der Waals surface area (Å²) in [5, 5.41) is 0. The van der Waals surface area contributed by atoms with E-state index in [9.17, 15) is 9.59 Å². The van der Waals surface area contributed by atoms with Crippen LogP contribution in [0.5, 0.6) is 5.75 Å². The fraction of sp³-hybridized carbons (Fsp3) is 0.619. The molecule has 26 heavy (non-hydrogen) atoms. The van der Waals surface area contributed by atoms with Crippen LogP contribution in [0.3, 0.4) is 0 Å². The Morgan fingerprint density at radius 2 is 1.58 bits per heavy atom. The zero-order valence-corrected chi connectivity index (χ0v) is 16.8. The average molecular weight is 360 g/mol. The molecule has 0 unspecified atom stereocenters. The van der Waals surface area contributed by atoms with Gasteiger partial charge in [0.15, 0.2) is 0 Å². The number of aryl methyl sites for hydroxylation is 2. The maximum absolute atomic E-state index is 12.7. The molecule has 1 fully saturated rings. The van der Waals surface area contributed by atoms with Crippen LogP contribution in [0, 0.1) is 19.8 Å². The molecule has 1 aromatic carbocycles. The van der Waals surface area contributed by atoms with Gasteiger partial charge in [0.1, 0.15) is 5.75 Å². The van der Waals surface area contributed by atoms with E-state index >= 15 is 0 Å². The van der Waals surface area contributed by atoms with Gasteiger partial charge >= 0.3 is 0 Å². The van der Waals surface area contributed by atoms with Gasteiger partial charge in [-0.05, 0) is 49.4 Å². The highest BCUT2D eigenvalue weighted by molar-refractivity contribution is 5.81. The van der Waals surface area contributed by atoms with Gasteiger partial charge < -0.3 is 14.5 Å². The molecule has 2 rings (SSSR count). The molecule has 5 nitrogen and oxygen atoms in total. The van der Waals surface area contributed by atoms with Gasteiger partial charge in [0.05, 0.1) is 13.5 Å².